The second kappa shape index (κ2) is 7.50. The van der Waals surface area contributed by atoms with E-state index in [4.69, 9.17) is 11.6 Å². The van der Waals surface area contributed by atoms with E-state index in [0.717, 1.165) is 22.9 Å². The predicted octanol–water partition coefficient (Wildman–Crippen LogP) is 2.77. The lowest BCUT2D eigenvalue weighted by atomic mass is 10.1. The van der Waals surface area contributed by atoms with Crippen LogP contribution in [0.15, 0.2) is 36.4 Å². The van der Waals surface area contributed by atoms with Crippen molar-refractivity contribution in [2.45, 2.75) is 20.4 Å². The zero-order valence-electron chi connectivity index (χ0n) is 14.5. The molecule has 2 aromatic carbocycles. The number of carbonyl (C=O) groups is 1. The summed E-state index contributed by atoms with van der Waals surface area (Å²) in [6, 6.07) is 9.64. The van der Waals surface area contributed by atoms with Gasteiger partial charge >= 0.3 is 0 Å². The maximum atomic E-state index is 12.3. The molecule has 0 aliphatic carbocycles. The summed E-state index contributed by atoms with van der Waals surface area (Å²) in [6.45, 7) is 4.04. The zero-order valence-corrected chi connectivity index (χ0v) is 15.3. The number of tetrazole rings is 1. The molecule has 0 saturated carbocycles. The zero-order chi connectivity index (χ0) is 19.6. The number of aryl methyl sites for hydroxylation is 2. The fourth-order valence-electron chi connectivity index (χ4n) is 2.43. The van der Waals surface area contributed by atoms with E-state index in [0.29, 0.717) is 5.82 Å². The molecule has 1 aromatic heterocycles. The number of rotatable bonds is 5. The summed E-state index contributed by atoms with van der Waals surface area (Å²) >= 11 is 5.76. The Bertz CT molecular complexity index is 1030. The normalized spacial score (nSPS) is 10.6. The average Bonchev–Trinajstić information content (AvgIpc) is 3.10. The van der Waals surface area contributed by atoms with Crippen molar-refractivity contribution in [1.82, 2.24) is 25.5 Å². The number of nitro benzene ring substituents is 1. The van der Waals surface area contributed by atoms with Crippen molar-refractivity contribution in [2.24, 2.45) is 0 Å². The summed E-state index contributed by atoms with van der Waals surface area (Å²) in [5.41, 5.74) is 2.80. The SMILES string of the molecule is Cc1ccc(-n2nnnc2CNC(=O)c2ccc(Cl)c([N+](=O)[O-])c2)cc1C. The summed E-state index contributed by atoms with van der Waals surface area (Å²) in [5, 5.41) is 25.1. The van der Waals surface area contributed by atoms with E-state index in [1.807, 2.05) is 32.0 Å². The molecule has 0 bridgehead atoms. The van der Waals surface area contributed by atoms with Crippen molar-refractivity contribution >= 4 is 23.2 Å². The monoisotopic (exact) mass is 386 g/mol. The van der Waals surface area contributed by atoms with Gasteiger partial charge in [0.1, 0.15) is 5.02 Å². The second-order valence-electron chi connectivity index (χ2n) is 5.88. The van der Waals surface area contributed by atoms with Crippen molar-refractivity contribution in [3.05, 3.63) is 74.0 Å². The van der Waals surface area contributed by atoms with E-state index in [2.05, 4.69) is 20.8 Å². The maximum absolute atomic E-state index is 12.3. The summed E-state index contributed by atoms with van der Waals surface area (Å²) in [6.07, 6.45) is 0. The third kappa shape index (κ3) is 3.93. The van der Waals surface area contributed by atoms with Gasteiger partial charge in [0.25, 0.3) is 11.6 Å². The van der Waals surface area contributed by atoms with E-state index in [1.54, 1.807) is 0 Å². The lowest BCUT2D eigenvalue weighted by Gasteiger charge is -2.08. The predicted molar refractivity (Wildman–Crippen MR) is 97.9 cm³/mol. The molecule has 9 nitrogen and oxygen atoms in total. The van der Waals surface area contributed by atoms with Gasteiger partial charge < -0.3 is 5.32 Å². The van der Waals surface area contributed by atoms with Crippen molar-refractivity contribution in [3.8, 4) is 5.69 Å². The molecule has 0 fully saturated rings. The molecule has 0 spiro atoms. The van der Waals surface area contributed by atoms with E-state index in [1.165, 1.54) is 16.8 Å². The summed E-state index contributed by atoms with van der Waals surface area (Å²) in [7, 11) is 0. The Morgan fingerprint density at radius 3 is 2.70 bits per heavy atom. The first-order valence-electron chi connectivity index (χ1n) is 7.94. The van der Waals surface area contributed by atoms with E-state index < -0.39 is 10.8 Å². The highest BCUT2D eigenvalue weighted by Gasteiger charge is 2.17. The van der Waals surface area contributed by atoms with Crippen LogP contribution < -0.4 is 5.32 Å². The minimum atomic E-state index is -0.639. The quantitative estimate of drug-likeness (QED) is 0.532. The molecule has 27 heavy (non-hydrogen) atoms. The number of hydrogen-bond acceptors (Lipinski definition) is 6. The van der Waals surface area contributed by atoms with Crippen LogP contribution >= 0.6 is 11.6 Å². The van der Waals surface area contributed by atoms with Crippen molar-refractivity contribution in [2.75, 3.05) is 0 Å². The molecule has 1 heterocycles. The molecule has 1 amide bonds. The molecule has 0 radical (unpaired) electrons. The van der Waals surface area contributed by atoms with Crippen molar-refractivity contribution < 1.29 is 9.72 Å². The number of nitrogens with zero attached hydrogens (tertiary/aromatic N) is 5. The molecule has 0 atom stereocenters. The molecule has 10 heteroatoms. The second-order valence-corrected chi connectivity index (χ2v) is 6.29. The van der Waals surface area contributed by atoms with Gasteiger partial charge in [-0.2, -0.15) is 4.68 Å². The van der Waals surface area contributed by atoms with E-state index in [-0.39, 0.29) is 22.8 Å². The molecule has 138 valence electrons. The number of carbonyl (C=O) groups excluding carboxylic acids is 1. The number of aromatic nitrogens is 4. The fourth-order valence-corrected chi connectivity index (χ4v) is 2.62. The summed E-state index contributed by atoms with van der Waals surface area (Å²) in [4.78, 5) is 22.6. The third-order valence-electron chi connectivity index (χ3n) is 4.08. The smallest absolute Gasteiger partial charge is 0.288 e. The molecular formula is C17H15ClN6O3. The Morgan fingerprint density at radius 2 is 2.00 bits per heavy atom. The maximum Gasteiger partial charge on any atom is 0.288 e. The number of benzene rings is 2. The van der Waals surface area contributed by atoms with Crippen LogP contribution in [0.4, 0.5) is 5.69 Å². The molecule has 0 aliphatic heterocycles. The van der Waals surface area contributed by atoms with Crippen LogP contribution in [-0.4, -0.2) is 31.0 Å². The number of hydrogen-bond donors (Lipinski definition) is 1. The minimum absolute atomic E-state index is 0.0322. The van der Waals surface area contributed by atoms with Gasteiger partial charge in [-0.15, -0.1) is 5.10 Å². The topological polar surface area (TPSA) is 116 Å². The molecule has 0 unspecified atom stereocenters. The third-order valence-corrected chi connectivity index (χ3v) is 4.40. The molecule has 1 N–H and O–H groups in total. The van der Waals surface area contributed by atoms with Crippen LogP contribution in [0.5, 0.6) is 0 Å². The Balaban J connectivity index is 1.77. The molecule has 3 rings (SSSR count). The van der Waals surface area contributed by atoms with Gasteiger partial charge in [-0.3, -0.25) is 14.9 Å². The first-order valence-corrected chi connectivity index (χ1v) is 8.31. The lowest BCUT2D eigenvalue weighted by Crippen LogP contribution is -2.24. The number of amides is 1. The molecule has 0 saturated heterocycles. The van der Waals surface area contributed by atoms with Crippen LogP contribution in [-0.2, 0) is 6.54 Å². The number of nitrogens with one attached hydrogen (secondary N) is 1. The summed E-state index contributed by atoms with van der Waals surface area (Å²) < 4.78 is 1.52. The Hall–Kier alpha value is -3.33. The van der Waals surface area contributed by atoms with Gasteiger partial charge in [-0.25, -0.2) is 0 Å². The van der Waals surface area contributed by atoms with Crippen LogP contribution in [0.25, 0.3) is 5.69 Å². The molecular weight excluding hydrogens is 372 g/mol. The Labute approximate surface area is 159 Å². The van der Waals surface area contributed by atoms with Gasteiger partial charge in [0.2, 0.25) is 0 Å². The molecule has 3 aromatic rings. The van der Waals surface area contributed by atoms with Gasteiger partial charge in [0, 0.05) is 11.6 Å². The Kier molecular flexibility index (Phi) is 5.13. The van der Waals surface area contributed by atoms with E-state index >= 15 is 0 Å². The van der Waals surface area contributed by atoms with Gasteiger partial charge in [0.05, 0.1) is 17.2 Å². The lowest BCUT2D eigenvalue weighted by molar-refractivity contribution is -0.384. The van der Waals surface area contributed by atoms with Gasteiger partial charge in [-0.05, 0) is 59.7 Å². The Morgan fingerprint density at radius 1 is 1.22 bits per heavy atom. The van der Waals surface area contributed by atoms with Crippen LogP contribution in [0.3, 0.4) is 0 Å². The highest BCUT2D eigenvalue weighted by molar-refractivity contribution is 6.32. The van der Waals surface area contributed by atoms with E-state index in [9.17, 15) is 14.9 Å². The van der Waals surface area contributed by atoms with Crippen LogP contribution in [0.2, 0.25) is 5.02 Å². The largest absolute Gasteiger partial charge is 0.345 e. The van der Waals surface area contributed by atoms with Crippen LogP contribution in [0, 0.1) is 24.0 Å². The first-order chi connectivity index (χ1) is 12.9. The number of halogens is 1. The van der Waals surface area contributed by atoms with Crippen LogP contribution in [0.1, 0.15) is 27.3 Å². The number of nitro groups is 1. The standard InChI is InChI=1S/C17H15ClN6O3/c1-10-3-5-13(7-11(10)2)23-16(20-21-22-23)9-19-17(25)12-4-6-14(18)15(8-12)24(26)27/h3-8H,9H2,1-2H3,(H,19,25). The summed E-state index contributed by atoms with van der Waals surface area (Å²) in [5.74, 6) is -0.0699. The fraction of sp³-hybridized carbons (Fsp3) is 0.176. The van der Waals surface area contributed by atoms with Crippen molar-refractivity contribution in [1.29, 1.82) is 0 Å². The van der Waals surface area contributed by atoms with Crippen molar-refractivity contribution in [3.63, 3.8) is 0 Å². The minimum Gasteiger partial charge on any atom is -0.345 e. The van der Waals surface area contributed by atoms with Gasteiger partial charge in [-0.1, -0.05) is 17.7 Å². The highest BCUT2D eigenvalue weighted by atomic mass is 35.5. The van der Waals surface area contributed by atoms with Gasteiger partial charge in [0.15, 0.2) is 5.82 Å². The molecule has 0 aliphatic rings. The highest BCUT2D eigenvalue weighted by Crippen LogP contribution is 2.25. The first kappa shape index (κ1) is 18.5. The average molecular weight is 387 g/mol.